The predicted molar refractivity (Wildman–Crippen MR) is 104 cm³/mol. The highest BCUT2D eigenvalue weighted by atomic mass is 35.5. The molecule has 0 radical (unpaired) electrons. The molecule has 29 heavy (non-hydrogen) atoms. The summed E-state index contributed by atoms with van der Waals surface area (Å²) in [4.78, 5) is 24.3. The predicted octanol–water partition coefficient (Wildman–Crippen LogP) is 1.24. The topological polar surface area (TPSA) is 97.6 Å². The first-order chi connectivity index (χ1) is 14.0. The number of hydrogen-bond acceptors (Lipinski definition) is 6. The molecule has 2 N–H and O–H groups in total. The Morgan fingerprint density at radius 2 is 2.17 bits per heavy atom. The molecule has 1 fully saturated rings. The Bertz CT molecular complexity index is 1030. The number of hydrogen-bond donors (Lipinski definition) is 2. The van der Waals surface area contributed by atoms with Crippen molar-refractivity contribution in [1.29, 1.82) is 0 Å². The van der Waals surface area contributed by atoms with Crippen LogP contribution in [0.25, 0.3) is 0 Å². The highest BCUT2D eigenvalue weighted by molar-refractivity contribution is 6.30. The first-order valence-corrected chi connectivity index (χ1v) is 9.60. The van der Waals surface area contributed by atoms with E-state index in [0.29, 0.717) is 36.5 Å². The van der Waals surface area contributed by atoms with Crippen molar-refractivity contribution < 1.29 is 13.9 Å². The average molecular weight is 420 g/mol. The summed E-state index contributed by atoms with van der Waals surface area (Å²) < 4.78 is 21.3. The van der Waals surface area contributed by atoms with Gasteiger partial charge in [-0.25, -0.2) is 14.5 Å². The molecule has 1 aromatic heterocycles. The molecule has 2 aliphatic heterocycles. The fraction of sp³-hybridized carbons (Fsp3) is 0.368. The van der Waals surface area contributed by atoms with Gasteiger partial charge in [0.25, 0.3) is 5.56 Å². The summed E-state index contributed by atoms with van der Waals surface area (Å²) in [6.45, 7) is 1.92. The molecular formula is C19H19ClFN5O3. The van der Waals surface area contributed by atoms with Crippen LogP contribution in [0.4, 0.5) is 4.39 Å². The number of ether oxygens (including phenoxy) is 1. The summed E-state index contributed by atoms with van der Waals surface area (Å²) in [5.41, 5.74) is 3.38. The van der Waals surface area contributed by atoms with E-state index in [1.165, 1.54) is 23.0 Å². The van der Waals surface area contributed by atoms with E-state index < -0.39 is 11.9 Å². The van der Waals surface area contributed by atoms with Gasteiger partial charge in [0, 0.05) is 25.2 Å². The van der Waals surface area contributed by atoms with Crippen LogP contribution in [0.15, 0.2) is 40.4 Å². The second-order valence-electron chi connectivity index (χ2n) is 6.93. The minimum Gasteiger partial charge on any atom is -0.372 e. The third-order valence-electron chi connectivity index (χ3n) is 4.96. The van der Waals surface area contributed by atoms with E-state index in [-0.39, 0.29) is 35.4 Å². The normalized spacial score (nSPS) is 22.1. The van der Waals surface area contributed by atoms with Crippen LogP contribution in [0.2, 0.25) is 5.02 Å². The van der Waals surface area contributed by atoms with Gasteiger partial charge in [0.2, 0.25) is 5.91 Å². The molecule has 152 valence electrons. The Morgan fingerprint density at radius 1 is 1.31 bits per heavy atom. The van der Waals surface area contributed by atoms with Gasteiger partial charge in [-0.05, 0) is 23.8 Å². The van der Waals surface area contributed by atoms with Crippen molar-refractivity contribution in [3.63, 3.8) is 0 Å². The zero-order valence-electron chi connectivity index (χ0n) is 15.4. The van der Waals surface area contributed by atoms with Crippen LogP contribution in [-0.2, 0) is 16.1 Å². The molecule has 1 amide bonds. The fourth-order valence-corrected chi connectivity index (χ4v) is 3.66. The molecule has 1 saturated heterocycles. The van der Waals surface area contributed by atoms with Crippen molar-refractivity contribution in [2.45, 2.75) is 19.1 Å². The quantitative estimate of drug-likeness (QED) is 0.777. The van der Waals surface area contributed by atoms with Gasteiger partial charge >= 0.3 is 0 Å². The molecule has 2 aliphatic rings. The zero-order chi connectivity index (χ0) is 20.4. The number of nitrogens with zero attached hydrogens (tertiary/aromatic N) is 3. The van der Waals surface area contributed by atoms with E-state index in [4.69, 9.17) is 16.3 Å². The Hall–Kier alpha value is -2.62. The van der Waals surface area contributed by atoms with Gasteiger partial charge in [-0.2, -0.15) is 10.2 Å². The van der Waals surface area contributed by atoms with Crippen LogP contribution in [-0.4, -0.2) is 41.1 Å². The number of amides is 1. The molecule has 1 aromatic carbocycles. The van der Waals surface area contributed by atoms with Crippen molar-refractivity contribution in [3.8, 4) is 0 Å². The first-order valence-electron chi connectivity index (χ1n) is 9.22. The molecule has 4 rings (SSSR count). The van der Waals surface area contributed by atoms with E-state index in [1.807, 2.05) is 0 Å². The Labute approximate surface area is 170 Å². The maximum atomic E-state index is 14.0. The summed E-state index contributed by atoms with van der Waals surface area (Å²) in [6.07, 6.45) is 1.13. The summed E-state index contributed by atoms with van der Waals surface area (Å²) in [6, 6.07) is 6.14. The van der Waals surface area contributed by atoms with E-state index in [2.05, 4.69) is 20.9 Å². The maximum Gasteiger partial charge on any atom is 0.275 e. The number of carbonyl (C=O) groups excluding carboxylic acids is 1. The lowest BCUT2D eigenvalue weighted by Crippen LogP contribution is -2.35. The Balaban J connectivity index is 1.63. The summed E-state index contributed by atoms with van der Waals surface area (Å²) in [7, 11) is 0. The third kappa shape index (κ3) is 4.21. The van der Waals surface area contributed by atoms with Gasteiger partial charge in [0.05, 0.1) is 42.0 Å². The lowest BCUT2D eigenvalue weighted by molar-refractivity contribution is -0.119. The molecule has 2 aromatic rings. The minimum absolute atomic E-state index is 0.0446. The van der Waals surface area contributed by atoms with Gasteiger partial charge < -0.3 is 10.1 Å². The lowest BCUT2D eigenvalue weighted by atomic mass is 9.95. The number of rotatable bonds is 4. The number of halogens is 2. The minimum atomic E-state index is -0.516. The lowest BCUT2D eigenvalue weighted by Gasteiger charge is -2.25. The Morgan fingerprint density at radius 3 is 2.93 bits per heavy atom. The molecule has 0 spiro atoms. The van der Waals surface area contributed by atoms with Gasteiger partial charge in [0.15, 0.2) is 0 Å². The zero-order valence-corrected chi connectivity index (χ0v) is 16.2. The molecule has 2 atom stereocenters. The third-order valence-corrected chi connectivity index (χ3v) is 5.26. The Kier molecular flexibility index (Phi) is 5.70. The van der Waals surface area contributed by atoms with Gasteiger partial charge in [-0.3, -0.25) is 9.59 Å². The van der Waals surface area contributed by atoms with Crippen LogP contribution >= 0.6 is 11.6 Å². The van der Waals surface area contributed by atoms with Crippen molar-refractivity contribution in [2.75, 3.05) is 19.7 Å². The SMILES string of the molecule is O=C1CC(c2ccnn(C[C@@H]3CNCCO[C@H]3c3ccc(Cl)c(F)c3)c2=O)=NN1. The van der Waals surface area contributed by atoms with Gasteiger partial charge in [-0.15, -0.1) is 0 Å². The second kappa shape index (κ2) is 8.40. The van der Waals surface area contributed by atoms with Gasteiger partial charge in [0.1, 0.15) is 5.82 Å². The highest BCUT2D eigenvalue weighted by Crippen LogP contribution is 2.30. The van der Waals surface area contributed by atoms with Crippen molar-refractivity contribution in [3.05, 3.63) is 62.8 Å². The summed E-state index contributed by atoms with van der Waals surface area (Å²) in [5, 5.41) is 11.4. The van der Waals surface area contributed by atoms with Crippen LogP contribution < -0.4 is 16.3 Å². The molecule has 3 heterocycles. The maximum absolute atomic E-state index is 14.0. The molecule has 10 heteroatoms. The number of hydrazone groups is 1. The van der Waals surface area contributed by atoms with Crippen LogP contribution in [0.5, 0.6) is 0 Å². The highest BCUT2D eigenvalue weighted by Gasteiger charge is 2.28. The summed E-state index contributed by atoms with van der Waals surface area (Å²) >= 11 is 5.80. The van der Waals surface area contributed by atoms with Crippen LogP contribution in [0.3, 0.4) is 0 Å². The van der Waals surface area contributed by atoms with Gasteiger partial charge in [-0.1, -0.05) is 17.7 Å². The average Bonchev–Trinajstić information content (AvgIpc) is 3.00. The second-order valence-corrected chi connectivity index (χ2v) is 7.34. The molecule has 0 aliphatic carbocycles. The van der Waals surface area contributed by atoms with Crippen molar-refractivity contribution >= 4 is 23.2 Å². The molecule has 0 unspecified atom stereocenters. The van der Waals surface area contributed by atoms with E-state index in [9.17, 15) is 14.0 Å². The largest absolute Gasteiger partial charge is 0.372 e. The molecule has 0 bridgehead atoms. The van der Waals surface area contributed by atoms with E-state index in [1.54, 1.807) is 12.1 Å². The van der Waals surface area contributed by atoms with Crippen molar-refractivity contribution in [1.82, 2.24) is 20.5 Å². The van der Waals surface area contributed by atoms with Crippen molar-refractivity contribution in [2.24, 2.45) is 11.0 Å². The number of aromatic nitrogens is 2. The summed E-state index contributed by atoms with van der Waals surface area (Å²) in [5.74, 6) is -0.949. The fourth-order valence-electron chi connectivity index (χ4n) is 3.55. The first kappa shape index (κ1) is 19.7. The number of benzene rings is 1. The monoisotopic (exact) mass is 419 g/mol. The molecule has 8 nitrogen and oxygen atoms in total. The van der Waals surface area contributed by atoms with Crippen LogP contribution in [0.1, 0.15) is 23.7 Å². The molecule has 0 saturated carbocycles. The smallest absolute Gasteiger partial charge is 0.275 e. The number of carbonyl (C=O) groups is 1. The van der Waals surface area contributed by atoms with E-state index in [0.717, 1.165) is 0 Å². The standard InChI is InChI=1S/C19H19ClFN5O3/c20-14-2-1-11(7-15(14)21)18-12(9-22-5-6-29-18)10-26-19(28)13(3-4-23-26)16-8-17(27)25-24-16/h1-4,7,12,18,22H,5-6,8-10H2,(H,25,27)/t12-,18-/m0/s1. The molecular weight excluding hydrogens is 401 g/mol. The number of nitrogens with one attached hydrogen (secondary N) is 2. The van der Waals surface area contributed by atoms with E-state index >= 15 is 0 Å². The van der Waals surface area contributed by atoms with Crippen LogP contribution in [0, 0.1) is 11.7 Å².